The monoisotopic (exact) mass is 550 g/mol. The van der Waals surface area contributed by atoms with Gasteiger partial charge in [0.2, 0.25) is 0 Å². The summed E-state index contributed by atoms with van der Waals surface area (Å²) in [7, 11) is 0. The molecule has 0 unspecified atom stereocenters. The van der Waals surface area contributed by atoms with Crippen LogP contribution in [0.2, 0.25) is 0 Å². The van der Waals surface area contributed by atoms with Crippen LogP contribution in [0.25, 0.3) is 10.9 Å². The van der Waals surface area contributed by atoms with Gasteiger partial charge in [-0.1, -0.05) is 53.4 Å². The van der Waals surface area contributed by atoms with E-state index < -0.39 is 0 Å². The molecule has 2 aromatic rings. The van der Waals surface area contributed by atoms with E-state index in [-0.39, 0.29) is 0 Å². The van der Waals surface area contributed by atoms with E-state index in [9.17, 15) is 0 Å². The fourth-order valence-corrected chi connectivity index (χ4v) is 6.12. The average molecular weight is 552 g/mol. The molecule has 1 aliphatic heterocycles. The van der Waals surface area contributed by atoms with Crippen molar-refractivity contribution in [1.29, 1.82) is 0 Å². The molecule has 1 N–H and O–H groups in total. The molecule has 36 heavy (non-hydrogen) atoms. The number of fused-ring (bicyclic) bond motifs is 3. The second kappa shape index (κ2) is 12.4. The second-order valence-corrected chi connectivity index (χ2v) is 11.2. The molecule has 0 radical (unpaired) electrons. The number of hydrogen-bond acceptors (Lipinski definition) is 5. The molecule has 6 heteroatoms. The summed E-state index contributed by atoms with van der Waals surface area (Å²) in [5.41, 5.74) is 4.89. The topological polar surface area (TPSA) is 40.6 Å². The Hall–Kier alpha value is -2.15. The van der Waals surface area contributed by atoms with Crippen molar-refractivity contribution in [1.82, 2.24) is 20.1 Å². The third-order valence-electron chi connectivity index (χ3n) is 7.71. The lowest BCUT2D eigenvalue weighted by molar-refractivity contribution is 0.0741. The van der Waals surface area contributed by atoms with Gasteiger partial charge in [-0.25, -0.2) is 0 Å². The smallest absolute Gasteiger partial charge is 0.152 e. The zero-order valence-electron chi connectivity index (χ0n) is 21.5. The van der Waals surface area contributed by atoms with Crippen LogP contribution in [-0.2, 0) is 13.1 Å². The van der Waals surface area contributed by atoms with Crippen LogP contribution in [0.4, 0.5) is 0 Å². The molecule has 5 nitrogen and oxygen atoms in total. The quantitative estimate of drug-likeness (QED) is 0.361. The van der Waals surface area contributed by atoms with E-state index in [4.69, 9.17) is 9.72 Å². The van der Waals surface area contributed by atoms with Crippen molar-refractivity contribution < 1.29 is 4.74 Å². The van der Waals surface area contributed by atoms with Gasteiger partial charge in [0.05, 0.1) is 0 Å². The summed E-state index contributed by atoms with van der Waals surface area (Å²) >= 11 is 3.59. The number of allylic oxidation sites excluding steroid dienone is 5. The number of benzene rings is 1. The molecule has 1 saturated carbocycles. The first kappa shape index (κ1) is 25.5. The molecule has 1 fully saturated rings. The fourth-order valence-electron chi connectivity index (χ4n) is 5.81. The maximum Gasteiger partial charge on any atom is 0.152 e. The van der Waals surface area contributed by atoms with Gasteiger partial charge in [-0.15, -0.1) is 0 Å². The third-order valence-corrected chi connectivity index (χ3v) is 8.30. The van der Waals surface area contributed by atoms with Crippen LogP contribution >= 0.6 is 15.9 Å². The van der Waals surface area contributed by atoms with Gasteiger partial charge in [0.15, 0.2) is 5.75 Å². The first-order chi connectivity index (χ1) is 17.7. The fraction of sp³-hybridized carbons (Fsp3) is 0.500. The van der Waals surface area contributed by atoms with Gasteiger partial charge in [0.25, 0.3) is 0 Å². The first-order valence-corrected chi connectivity index (χ1v) is 14.4. The lowest BCUT2D eigenvalue weighted by Gasteiger charge is -2.33. The van der Waals surface area contributed by atoms with Crippen molar-refractivity contribution >= 4 is 26.8 Å². The Bertz CT molecular complexity index is 1140. The van der Waals surface area contributed by atoms with E-state index in [1.807, 2.05) is 12.3 Å². The van der Waals surface area contributed by atoms with Gasteiger partial charge < -0.3 is 15.0 Å². The molecule has 1 aromatic heterocycles. The Kier molecular flexibility index (Phi) is 8.78. The van der Waals surface area contributed by atoms with E-state index in [0.717, 1.165) is 67.4 Å². The van der Waals surface area contributed by atoms with Crippen molar-refractivity contribution in [3.05, 3.63) is 70.0 Å². The summed E-state index contributed by atoms with van der Waals surface area (Å²) in [6, 6.07) is 6.57. The van der Waals surface area contributed by atoms with Crippen LogP contribution in [-0.4, -0.2) is 47.7 Å². The van der Waals surface area contributed by atoms with Crippen molar-refractivity contribution in [2.24, 2.45) is 5.92 Å². The Labute approximate surface area is 224 Å². The van der Waals surface area contributed by atoms with Crippen LogP contribution < -0.4 is 10.1 Å². The maximum atomic E-state index is 6.32. The van der Waals surface area contributed by atoms with Crippen LogP contribution in [0.1, 0.15) is 56.6 Å². The molecular weight excluding hydrogens is 512 g/mol. The number of aromatic nitrogens is 1. The highest BCUT2D eigenvalue weighted by Gasteiger charge is 2.25. The molecule has 0 atom stereocenters. The van der Waals surface area contributed by atoms with Gasteiger partial charge in [0, 0.05) is 66.6 Å². The van der Waals surface area contributed by atoms with Gasteiger partial charge in [-0.2, -0.15) is 0 Å². The number of nitrogens with zero attached hydrogens (tertiary/aromatic N) is 3. The number of rotatable bonds is 9. The Balaban J connectivity index is 1.24. The first-order valence-electron chi connectivity index (χ1n) is 13.7. The van der Waals surface area contributed by atoms with Gasteiger partial charge in [-0.3, -0.25) is 9.88 Å². The summed E-state index contributed by atoms with van der Waals surface area (Å²) in [5.74, 6) is 1.80. The standard InChI is InChI=1S/C30H39BrN4O/c1-2-35(27-11-6-10-26(31)13-14-27)17-16-32-19-24-18-25-21-34(20-23-8-4-3-5-9-23)22-36-30(25)29-28(24)12-7-15-33-29/h7,10-15,18,23,32H,2-6,8-9,16-17,19-22H2,1H3. The van der Waals surface area contributed by atoms with E-state index in [0.29, 0.717) is 6.73 Å². The van der Waals surface area contributed by atoms with Gasteiger partial charge in [-0.05, 0) is 62.0 Å². The normalized spacial score (nSPS) is 18.8. The number of ether oxygens (including phenoxy) is 1. The minimum atomic E-state index is 0.677. The van der Waals surface area contributed by atoms with Crippen molar-refractivity contribution in [3.8, 4) is 5.75 Å². The van der Waals surface area contributed by atoms with Crippen molar-refractivity contribution in [2.75, 3.05) is 32.9 Å². The minimum Gasteiger partial charge on any atom is -0.475 e. The number of nitrogens with one attached hydrogen (secondary N) is 1. The largest absolute Gasteiger partial charge is 0.475 e. The second-order valence-electron chi connectivity index (χ2n) is 10.3. The van der Waals surface area contributed by atoms with Gasteiger partial charge >= 0.3 is 0 Å². The predicted molar refractivity (Wildman–Crippen MR) is 152 cm³/mol. The highest BCUT2D eigenvalue weighted by Crippen LogP contribution is 2.35. The molecule has 2 heterocycles. The molecule has 0 amide bonds. The molecule has 1 aromatic carbocycles. The lowest BCUT2D eigenvalue weighted by atomic mass is 9.89. The predicted octanol–water partition coefficient (Wildman–Crippen LogP) is 6.50. The van der Waals surface area contributed by atoms with Crippen LogP contribution in [0.3, 0.4) is 0 Å². The van der Waals surface area contributed by atoms with E-state index in [1.165, 1.54) is 54.3 Å². The zero-order chi connectivity index (χ0) is 24.7. The number of hydrogen-bond donors (Lipinski definition) is 1. The Morgan fingerprint density at radius 2 is 2.08 bits per heavy atom. The Morgan fingerprint density at radius 3 is 2.94 bits per heavy atom. The van der Waals surface area contributed by atoms with E-state index in [2.05, 4.69) is 74.4 Å². The maximum absolute atomic E-state index is 6.32. The third kappa shape index (κ3) is 6.21. The van der Waals surface area contributed by atoms with Crippen LogP contribution in [0.15, 0.2) is 58.9 Å². The molecule has 2 aliphatic carbocycles. The molecule has 192 valence electrons. The highest BCUT2D eigenvalue weighted by molar-refractivity contribution is 9.11. The van der Waals surface area contributed by atoms with Crippen LogP contribution in [0.5, 0.6) is 5.75 Å². The number of pyridine rings is 1. The molecule has 0 saturated heterocycles. The summed E-state index contributed by atoms with van der Waals surface area (Å²) in [5, 5.41) is 4.90. The summed E-state index contributed by atoms with van der Waals surface area (Å²) in [4.78, 5) is 9.67. The summed E-state index contributed by atoms with van der Waals surface area (Å²) < 4.78 is 7.47. The molecule has 3 aliphatic rings. The molecule has 0 bridgehead atoms. The molecule has 0 spiro atoms. The zero-order valence-corrected chi connectivity index (χ0v) is 23.1. The minimum absolute atomic E-state index is 0.677. The van der Waals surface area contributed by atoms with E-state index in [1.54, 1.807) is 0 Å². The number of likely N-dealkylation sites (N-methyl/N-ethyl adjacent to an activating group) is 1. The number of halogens is 1. The molecular formula is C30H39BrN4O. The SMILES string of the molecule is CCN(CCNCc1cc2c(c3ncccc13)OCN(CC1CCCCC1)C2)C1=CCC=C(Br)C=C1. The highest BCUT2D eigenvalue weighted by atomic mass is 79.9. The molecule has 5 rings (SSSR count). The van der Waals surface area contributed by atoms with Gasteiger partial charge in [0.1, 0.15) is 12.2 Å². The summed E-state index contributed by atoms with van der Waals surface area (Å²) in [6.45, 7) is 8.74. The van der Waals surface area contributed by atoms with Crippen molar-refractivity contribution in [2.45, 2.75) is 58.5 Å². The van der Waals surface area contributed by atoms with Crippen LogP contribution in [0, 0.1) is 5.92 Å². The summed E-state index contributed by atoms with van der Waals surface area (Å²) in [6.07, 6.45) is 18.6. The Morgan fingerprint density at radius 1 is 1.19 bits per heavy atom. The van der Waals surface area contributed by atoms with Crippen molar-refractivity contribution in [3.63, 3.8) is 0 Å². The average Bonchev–Trinajstić information content (AvgIpc) is 3.13. The lowest BCUT2D eigenvalue weighted by Crippen LogP contribution is -2.36. The van der Waals surface area contributed by atoms with E-state index >= 15 is 0 Å².